The van der Waals surface area contributed by atoms with Crippen LogP contribution in [0.4, 0.5) is 0 Å². The number of rotatable bonds is 4. The van der Waals surface area contributed by atoms with E-state index in [1.165, 1.54) is 12.8 Å². The third-order valence-electron chi connectivity index (χ3n) is 2.51. The van der Waals surface area contributed by atoms with Gasteiger partial charge in [0.05, 0.1) is 6.10 Å². The number of nitrogens with one attached hydrogen (secondary N) is 1. The van der Waals surface area contributed by atoms with Gasteiger partial charge in [0.2, 0.25) is 0 Å². The average molecular weight is 209 g/mol. The van der Waals surface area contributed by atoms with Gasteiger partial charge in [0.1, 0.15) is 6.54 Å². The van der Waals surface area contributed by atoms with Crippen LogP contribution in [0.15, 0.2) is 18.5 Å². The molecule has 0 aromatic carbocycles. The van der Waals surface area contributed by atoms with Crippen molar-refractivity contribution in [2.24, 2.45) is 0 Å². The molecule has 5 heteroatoms. The highest BCUT2D eigenvalue weighted by molar-refractivity contribution is 5.74. The van der Waals surface area contributed by atoms with Crippen LogP contribution in [-0.4, -0.2) is 21.8 Å². The Kier molecular flexibility index (Phi) is 3.34. The fraction of sp³-hybridized carbons (Fsp3) is 0.600. The number of hydroxylamine groups is 1. The molecule has 5 nitrogen and oxygen atoms in total. The molecule has 1 fully saturated rings. The van der Waals surface area contributed by atoms with Gasteiger partial charge in [-0.25, -0.2) is 5.48 Å². The third-order valence-corrected chi connectivity index (χ3v) is 2.51. The molecule has 0 unspecified atom stereocenters. The van der Waals surface area contributed by atoms with Crippen LogP contribution in [0.3, 0.4) is 0 Å². The van der Waals surface area contributed by atoms with E-state index in [9.17, 15) is 4.79 Å². The van der Waals surface area contributed by atoms with Gasteiger partial charge < -0.3 is 0 Å². The molecule has 82 valence electrons. The summed E-state index contributed by atoms with van der Waals surface area (Å²) in [6.07, 6.45) is 8.07. The summed E-state index contributed by atoms with van der Waals surface area (Å²) in [7, 11) is 0. The topological polar surface area (TPSA) is 56.2 Å². The lowest BCUT2D eigenvalue weighted by Gasteiger charge is -2.11. The Morgan fingerprint density at radius 3 is 3.00 bits per heavy atom. The largest absolute Gasteiger partial charge is 0.271 e. The van der Waals surface area contributed by atoms with Crippen LogP contribution < -0.4 is 5.48 Å². The molecule has 0 aliphatic heterocycles. The van der Waals surface area contributed by atoms with Gasteiger partial charge in [-0.05, 0) is 18.9 Å². The van der Waals surface area contributed by atoms with Gasteiger partial charge >= 0.3 is 0 Å². The summed E-state index contributed by atoms with van der Waals surface area (Å²) < 4.78 is 1.56. The quantitative estimate of drug-likeness (QED) is 0.749. The van der Waals surface area contributed by atoms with E-state index in [-0.39, 0.29) is 18.6 Å². The fourth-order valence-corrected chi connectivity index (χ4v) is 1.73. The molecule has 1 amide bonds. The minimum atomic E-state index is -0.161. The minimum Gasteiger partial charge on any atom is -0.271 e. The van der Waals surface area contributed by atoms with Crippen LogP contribution in [0.1, 0.15) is 25.7 Å². The lowest BCUT2D eigenvalue weighted by Crippen LogP contribution is -2.31. The van der Waals surface area contributed by atoms with Gasteiger partial charge in [-0.1, -0.05) is 12.8 Å². The second-order valence-electron chi connectivity index (χ2n) is 3.75. The lowest BCUT2D eigenvalue weighted by molar-refractivity contribution is -0.139. The fourth-order valence-electron chi connectivity index (χ4n) is 1.73. The Balaban J connectivity index is 1.68. The molecular weight excluding hydrogens is 194 g/mol. The number of carbonyl (C=O) groups excluding carboxylic acids is 1. The minimum absolute atomic E-state index is 0.161. The van der Waals surface area contributed by atoms with Gasteiger partial charge in [0.15, 0.2) is 0 Å². The van der Waals surface area contributed by atoms with Crippen LogP contribution in [0.25, 0.3) is 0 Å². The number of hydrogen-bond acceptors (Lipinski definition) is 3. The maximum absolute atomic E-state index is 11.4. The van der Waals surface area contributed by atoms with Crippen molar-refractivity contribution in [2.75, 3.05) is 0 Å². The average Bonchev–Trinajstić information content (AvgIpc) is 2.86. The van der Waals surface area contributed by atoms with Gasteiger partial charge in [-0.15, -0.1) is 0 Å². The molecule has 0 radical (unpaired) electrons. The molecule has 1 aliphatic rings. The second kappa shape index (κ2) is 4.93. The van der Waals surface area contributed by atoms with E-state index in [0.29, 0.717) is 0 Å². The Morgan fingerprint density at radius 1 is 1.53 bits per heavy atom. The molecule has 15 heavy (non-hydrogen) atoms. The molecule has 2 rings (SSSR count). The summed E-state index contributed by atoms with van der Waals surface area (Å²) in [4.78, 5) is 16.6. The van der Waals surface area contributed by atoms with Crippen molar-refractivity contribution in [3.05, 3.63) is 18.5 Å². The van der Waals surface area contributed by atoms with Crippen LogP contribution in [-0.2, 0) is 16.2 Å². The van der Waals surface area contributed by atoms with Gasteiger partial charge in [0, 0.05) is 12.4 Å². The predicted molar refractivity (Wildman–Crippen MR) is 53.7 cm³/mol. The maximum Gasteiger partial charge on any atom is 0.265 e. The highest BCUT2D eigenvalue weighted by Crippen LogP contribution is 2.19. The van der Waals surface area contributed by atoms with Crippen LogP contribution in [0.5, 0.6) is 0 Å². The standard InChI is InChI=1S/C10H15N3O2/c14-10(8-13-7-3-6-11-13)12-15-9-4-1-2-5-9/h3,6-7,9H,1-2,4-5,8H2,(H,12,14). The normalized spacial score (nSPS) is 16.8. The third kappa shape index (κ3) is 3.06. The monoisotopic (exact) mass is 209 g/mol. The van der Waals surface area contributed by atoms with E-state index >= 15 is 0 Å². The van der Waals surface area contributed by atoms with Gasteiger partial charge in [0.25, 0.3) is 5.91 Å². The first-order valence-electron chi connectivity index (χ1n) is 5.26. The summed E-state index contributed by atoms with van der Waals surface area (Å²) in [6, 6.07) is 1.78. The summed E-state index contributed by atoms with van der Waals surface area (Å²) in [5, 5.41) is 3.94. The molecule has 1 aromatic rings. The molecule has 0 bridgehead atoms. The number of hydrogen-bond donors (Lipinski definition) is 1. The van der Waals surface area contributed by atoms with Gasteiger partial charge in [-0.2, -0.15) is 5.10 Å². The molecule has 0 saturated heterocycles. The first kappa shape index (κ1) is 10.2. The lowest BCUT2D eigenvalue weighted by atomic mass is 10.3. The Morgan fingerprint density at radius 2 is 2.33 bits per heavy atom. The smallest absolute Gasteiger partial charge is 0.265 e. The van der Waals surface area contributed by atoms with Crippen LogP contribution >= 0.6 is 0 Å². The maximum atomic E-state index is 11.4. The molecule has 1 heterocycles. The van der Waals surface area contributed by atoms with Gasteiger partial charge in [-0.3, -0.25) is 14.3 Å². The Bertz CT molecular complexity index is 304. The molecule has 0 atom stereocenters. The Hall–Kier alpha value is -1.36. The van der Waals surface area contributed by atoms with Crippen molar-refractivity contribution in [2.45, 2.75) is 38.3 Å². The zero-order valence-electron chi connectivity index (χ0n) is 8.56. The van der Waals surface area contributed by atoms with E-state index in [0.717, 1.165) is 12.8 Å². The van der Waals surface area contributed by atoms with Crippen molar-refractivity contribution >= 4 is 5.91 Å². The molecular formula is C10H15N3O2. The molecule has 0 spiro atoms. The van der Waals surface area contributed by atoms with Crippen LogP contribution in [0, 0.1) is 0 Å². The second-order valence-corrected chi connectivity index (χ2v) is 3.75. The number of amides is 1. The van der Waals surface area contributed by atoms with Crippen molar-refractivity contribution in [1.29, 1.82) is 0 Å². The molecule has 1 saturated carbocycles. The van der Waals surface area contributed by atoms with Crippen molar-refractivity contribution in [3.8, 4) is 0 Å². The van der Waals surface area contributed by atoms with Crippen LogP contribution in [0.2, 0.25) is 0 Å². The first-order valence-corrected chi connectivity index (χ1v) is 5.26. The van der Waals surface area contributed by atoms with Crippen molar-refractivity contribution in [1.82, 2.24) is 15.3 Å². The van der Waals surface area contributed by atoms with E-state index in [2.05, 4.69) is 10.6 Å². The van der Waals surface area contributed by atoms with E-state index < -0.39 is 0 Å². The Labute approximate surface area is 88.4 Å². The van der Waals surface area contributed by atoms with E-state index in [1.807, 2.05) is 0 Å². The molecule has 1 N–H and O–H groups in total. The number of nitrogens with zero attached hydrogens (tertiary/aromatic N) is 2. The number of carbonyl (C=O) groups is 1. The van der Waals surface area contributed by atoms with E-state index in [4.69, 9.17) is 4.84 Å². The highest BCUT2D eigenvalue weighted by atomic mass is 16.7. The number of aromatic nitrogens is 2. The summed E-state index contributed by atoms with van der Waals surface area (Å²) >= 11 is 0. The van der Waals surface area contributed by atoms with E-state index in [1.54, 1.807) is 23.1 Å². The molecule has 1 aliphatic carbocycles. The van der Waals surface area contributed by atoms with Crippen molar-refractivity contribution in [3.63, 3.8) is 0 Å². The predicted octanol–water partition coefficient (Wildman–Crippen LogP) is 0.873. The van der Waals surface area contributed by atoms with Crippen molar-refractivity contribution < 1.29 is 9.63 Å². The zero-order valence-corrected chi connectivity index (χ0v) is 8.56. The summed E-state index contributed by atoms with van der Waals surface area (Å²) in [5.74, 6) is -0.161. The zero-order chi connectivity index (χ0) is 10.5. The summed E-state index contributed by atoms with van der Waals surface area (Å²) in [5.41, 5.74) is 2.46. The highest BCUT2D eigenvalue weighted by Gasteiger charge is 2.16. The summed E-state index contributed by atoms with van der Waals surface area (Å²) in [6.45, 7) is 0.208. The first-order chi connectivity index (χ1) is 7.34. The SMILES string of the molecule is O=C(Cn1cccn1)NOC1CCCC1. The molecule has 1 aromatic heterocycles.